The molecule has 0 aliphatic carbocycles. The number of hydrogen-bond acceptors (Lipinski definition) is 3. The Labute approximate surface area is 94.2 Å². The van der Waals surface area contributed by atoms with Crippen LogP contribution in [0.2, 0.25) is 0 Å². The van der Waals surface area contributed by atoms with Gasteiger partial charge in [-0.05, 0) is 12.1 Å². The number of rotatable bonds is 2. The first-order valence-electron chi connectivity index (χ1n) is 3.96. The van der Waals surface area contributed by atoms with Gasteiger partial charge in [-0.3, -0.25) is 0 Å². The first-order valence-corrected chi connectivity index (χ1v) is 4.83. The third-order valence-electron chi connectivity index (χ3n) is 1.80. The van der Waals surface area contributed by atoms with Crippen LogP contribution in [0.4, 0.5) is 0 Å². The molecule has 2 aromatic rings. The summed E-state index contributed by atoms with van der Waals surface area (Å²) in [6, 6.07) is 3.00. The Morgan fingerprint density at radius 3 is 2.87 bits per heavy atom. The van der Waals surface area contributed by atoms with E-state index >= 15 is 0 Å². The Morgan fingerprint density at radius 1 is 1.53 bits per heavy atom. The number of pyridine rings is 1. The van der Waals surface area contributed by atoms with Gasteiger partial charge in [0, 0.05) is 6.20 Å². The molecule has 0 saturated heterocycles. The quantitative estimate of drug-likeness (QED) is 0.821. The predicted molar refractivity (Wildman–Crippen MR) is 54.4 cm³/mol. The van der Waals surface area contributed by atoms with Gasteiger partial charge in [0.15, 0.2) is 16.3 Å². The molecule has 5 nitrogen and oxygen atoms in total. The minimum Gasteiger partial charge on any atom is -0.478 e. The van der Waals surface area contributed by atoms with Gasteiger partial charge < -0.3 is 5.11 Å². The van der Waals surface area contributed by atoms with Crippen LogP contribution < -0.4 is 0 Å². The van der Waals surface area contributed by atoms with Crippen molar-refractivity contribution in [3.8, 4) is 0 Å². The fourth-order valence-corrected chi connectivity index (χ4v) is 1.37. The molecule has 2 rings (SSSR count). The Hall–Kier alpha value is -1.33. The molecule has 15 heavy (non-hydrogen) atoms. The number of halogens is 2. The largest absolute Gasteiger partial charge is 0.478 e. The number of carboxylic acids is 1. The number of nitrogens with zero attached hydrogens (tertiary/aromatic N) is 3. The summed E-state index contributed by atoms with van der Waals surface area (Å²) in [6.07, 6.45) is 1.58. The van der Waals surface area contributed by atoms with Gasteiger partial charge in [-0.1, -0.05) is 23.2 Å². The van der Waals surface area contributed by atoms with Crippen LogP contribution in [0.3, 0.4) is 0 Å². The number of alkyl halides is 2. The highest BCUT2D eigenvalue weighted by atomic mass is 35.5. The van der Waals surface area contributed by atoms with Crippen LogP contribution in [0.15, 0.2) is 18.3 Å². The SMILES string of the molecule is O=C(O)c1cccn2nc(C(Cl)Cl)nc12. The standard InChI is InChI=1S/C8H5Cl2N3O2/c9-5(10)6-11-7-4(8(14)15)2-1-3-13(7)12-6/h1-3,5H,(H,14,15). The average Bonchev–Trinajstić information content (AvgIpc) is 2.60. The van der Waals surface area contributed by atoms with E-state index in [0.29, 0.717) is 0 Å². The molecule has 0 aliphatic rings. The van der Waals surface area contributed by atoms with Crippen LogP contribution in [0.25, 0.3) is 5.65 Å². The average molecular weight is 246 g/mol. The minimum atomic E-state index is -1.07. The summed E-state index contributed by atoms with van der Waals surface area (Å²) in [5.41, 5.74) is 0.288. The van der Waals surface area contributed by atoms with Crippen LogP contribution in [0.5, 0.6) is 0 Å². The molecule has 7 heteroatoms. The molecule has 78 valence electrons. The normalized spacial score (nSPS) is 11.1. The molecular weight excluding hydrogens is 241 g/mol. The van der Waals surface area contributed by atoms with E-state index in [2.05, 4.69) is 10.1 Å². The van der Waals surface area contributed by atoms with Gasteiger partial charge in [0.05, 0.1) is 0 Å². The third kappa shape index (κ3) is 1.75. The summed E-state index contributed by atoms with van der Waals surface area (Å²) in [4.78, 5) is 13.9. The maximum Gasteiger partial charge on any atom is 0.339 e. The Kier molecular flexibility index (Phi) is 2.50. The molecule has 0 amide bonds. The second kappa shape index (κ2) is 3.67. The van der Waals surface area contributed by atoms with E-state index in [1.54, 1.807) is 12.3 Å². The Morgan fingerprint density at radius 2 is 2.27 bits per heavy atom. The number of aromatic carboxylic acids is 1. The second-order valence-electron chi connectivity index (χ2n) is 2.77. The summed E-state index contributed by atoms with van der Waals surface area (Å²) in [5.74, 6) is -0.882. The number of carbonyl (C=O) groups is 1. The van der Waals surface area contributed by atoms with Crippen LogP contribution in [-0.4, -0.2) is 25.7 Å². The molecule has 0 atom stereocenters. The third-order valence-corrected chi connectivity index (χ3v) is 2.19. The number of fused-ring (bicyclic) bond motifs is 1. The second-order valence-corrected chi connectivity index (χ2v) is 3.86. The van der Waals surface area contributed by atoms with Gasteiger partial charge in [-0.25, -0.2) is 14.3 Å². The maximum atomic E-state index is 10.8. The van der Waals surface area contributed by atoms with E-state index in [1.807, 2.05) is 0 Å². The molecule has 1 N–H and O–H groups in total. The lowest BCUT2D eigenvalue weighted by Crippen LogP contribution is -2.00. The van der Waals surface area contributed by atoms with Crippen molar-refractivity contribution < 1.29 is 9.90 Å². The lowest BCUT2D eigenvalue weighted by Gasteiger charge is -1.94. The molecule has 2 aromatic heterocycles. The van der Waals surface area contributed by atoms with Crippen LogP contribution in [0, 0.1) is 0 Å². The van der Waals surface area contributed by atoms with E-state index in [9.17, 15) is 4.79 Å². The number of carboxylic acid groups (broad SMARTS) is 1. The van der Waals surface area contributed by atoms with Crippen molar-refractivity contribution in [1.82, 2.24) is 14.6 Å². The maximum absolute atomic E-state index is 10.8. The van der Waals surface area contributed by atoms with E-state index in [-0.39, 0.29) is 17.0 Å². The van der Waals surface area contributed by atoms with Gasteiger partial charge in [0.2, 0.25) is 0 Å². The number of aromatic nitrogens is 3. The van der Waals surface area contributed by atoms with Crippen molar-refractivity contribution in [1.29, 1.82) is 0 Å². The summed E-state index contributed by atoms with van der Waals surface area (Å²) in [7, 11) is 0. The first kappa shape index (κ1) is 10.2. The van der Waals surface area contributed by atoms with Crippen LogP contribution in [0.1, 0.15) is 21.0 Å². The predicted octanol–water partition coefficient (Wildman–Crippen LogP) is 1.90. The Balaban J connectivity index is 2.70. The zero-order valence-electron chi connectivity index (χ0n) is 7.26. The topological polar surface area (TPSA) is 67.5 Å². The van der Waals surface area contributed by atoms with Gasteiger partial charge in [0.1, 0.15) is 5.56 Å². The molecule has 0 spiro atoms. The van der Waals surface area contributed by atoms with Crippen molar-refractivity contribution in [2.24, 2.45) is 0 Å². The smallest absolute Gasteiger partial charge is 0.339 e. The zero-order valence-corrected chi connectivity index (χ0v) is 8.77. The lowest BCUT2D eigenvalue weighted by molar-refractivity contribution is 0.0698. The molecule has 0 unspecified atom stereocenters. The molecular formula is C8H5Cl2N3O2. The molecule has 0 saturated carbocycles. The van der Waals surface area contributed by atoms with Crippen molar-refractivity contribution in [3.05, 3.63) is 29.7 Å². The molecule has 0 aliphatic heterocycles. The minimum absolute atomic E-state index is 0.0604. The van der Waals surface area contributed by atoms with Crippen LogP contribution in [-0.2, 0) is 0 Å². The van der Waals surface area contributed by atoms with E-state index < -0.39 is 10.8 Å². The first-order chi connectivity index (χ1) is 7.09. The molecule has 0 aromatic carbocycles. The Bertz CT molecular complexity index is 524. The van der Waals surface area contributed by atoms with Crippen molar-refractivity contribution in [2.45, 2.75) is 4.84 Å². The fraction of sp³-hybridized carbons (Fsp3) is 0.125. The van der Waals surface area contributed by atoms with Gasteiger partial charge in [-0.15, -0.1) is 5.10 Å². The monoisotopic (exact) mass is 245 g/mol. The summed E-state index contributed by atoms with van der Waals surface area (Å²) < 4.78 is 1.33. The lowest BCUT2D eigenvalue weighted by atomic mass is 10.3. The van der Waals surface area contributed by atoms with Crippen molar-refractivity contribution in [3.63, 3.8) is 0 Å². The highest BCUT2D eigenvalue weighted by molar-refractivity contribution is 6.43. The molecule has 2 heterocycles. The highest BCUT2D eigenvalue weighted by Crippen LogP contribution is 2.22. The molecule has 0 radical (unpaired) electrons. The van der Waals surface area contributed by atoms with Crippen LogP contribution >= 0.6 is 23.2 Å². The molecule has 0 bridgehead atoms. The fourth-order valence-electron chi connectivity index (χ4n) is 1.18. The van der Waals surface area contributed by atoms with E-state index in [0.717, 1.165) is 0 Å². The number of hydrogen-bond donors (Lipinski definition) is 1. The van der Waals surface area contributed by atoms with Crippen molar-refractivity contribution >= 4 is 34.8 Å². The van der Waals surface area contributed by atoms with E-state index in [1.165, 1.54) is 10.6 Å². The zero-order chi connectivity index (χ0) is 11.0. The van der Waals surface area contributed by atoms with Gasteiger partial charge >= 0.3 is 5.97 Å². The molecule has 0 fully saturated rings. The van der Waals surface area contributed by atoms with Crippen molar-refractivity contribution in [2.75, 3.05) is 0 Å². The van der Waals surface area contributed by atoms with Gasteiger partial charge in [0.25, 0.3) is 0 Å². The summed E-state index contributed by atoms with van der Waals surface area (Å²) >= 11 is 11.2. The summed E-state index contributed by atoms with van der Waals surface area (Å²) in [6.45, 7) is 0. The summed E-state index contributed by atoms with van der Waals surface area (Å²) in [5, 5.41) is 12.8. The van der Waals surface area contributed by atoms with Gasteiger partial charge in [-0.2, -0.15) is 0 Å². The highest BCUT2D eigenvalue weighted by Gasteiger charge is 2.15. The van der Waals surface area contributed by atoms with E-state index in [4.69, 9.17) is 28.3 Å².